The van der Waals surface area contributed by atoms with Crippen molar-refractivity contribution < 1.29 is 24.3 Å². The third-order valence-corrected chi connectivity index (χ3v) is 1.96. The van der Waals surface area contributed by atoms with Gasteiger partial charge in [-0.15, -0.1) is 0 Å². The van der Waals surface area contributed by atoms with Gasteiger partial charge in [0.05, 0.1) is 25.4 Å². The number of carbonyl (C=O) groups is 2. The maximum absolute atomic E-state index is 11.0. The minimum atomic E-state index is -0.550. The highest BCUT2D eigenvalue weighted by Crippen LogP contribution is 2.14. The first kappa shape index (κ1) is 15.9. The zero-order valence-corrected chi connectivity index (χ0v) is 10.8. The second kappa shape index (κ2) is 7.24. The summed E-state index contributed by atoms with van der Waals surface area (Å²) in [5.74, 6) is -0.384. The fourth-order valence-corrected chi connectivity index (χ4v) is 1.18. The third kappa shape index (κ3) is 6.91. The standard InChI is InChI=1S/C11H21NO5/c1-11(2,3)17-12(8-14)9(7-13)5-6-10(15)16-4/h8-9,13H,5-7H2,1-4H3. The van der Waals surface area contributed by atoms with Crippen molar-refractivity contribution in [2.24, 2.45) is 0 Å². The molecule has 0 rings (SSSR count). The zero-order valence-electron chi connectivity index (χ0n) is 10.8. The molecule has 0 radical (unpaired) electrons. The van der Waals surface area contributed by atoms with Gasteiger partial charge in [-0.05, 0) is 27.2 Å². The normalized spacial score (nSPS) is 13.0. The molecule has 0 fully saturated rings. The number of hydrogen-bond donors (Lipinski definition) is 1. The smallest absolute Gasteiger partial charge is 0.305 e. The molecule has 1 N–H and O–H groups in total. The van der Waals surface area contributed by atoms with Crippen molar-refractivity contribution in [1.82, 2.24) is 5.06 Å². The number of hydrogen-bond acceptors (Lipinski definition) is 5. The third-order valence-electron chi connectivity index (χ3n) is 1.96. The number of aliphatic hydroxyl groups excluding tert-OH is 1. The molecule has 0 spiro atoms. The zero-order chi connectivity index (χ0) is 13.5. The largest absolute Gasteiger partial charge is 0.469 e. The van der Waals surface area contributed by atoms with Crippen LogP contribution in [0.2, 0.25) is 0 Å². The van der Waals surface area contributed by atoms with Gasteiger partial charge in [-0.2, -0.15) is 0 Å². The molecule has 0 saturated carbocycles. The van der Waals surface area contributed by atoms with Crippen molar-refractivity contribution in [2.45, 2.75) is 45.3 Å². The Labute approximate surface area is 101 Å². The Morgan fingerprint density at radius 1 is 1.47 bits per heavy atom. The van der Waals surface area contributed by atoms with Crippen LogP contribution >= 0.6 is 0 Å². The van der Waals surface area contributed by atoms with Gasteiger partial charge in [0.2, 0.25) is 6.41 Å². The summed E-state index contributed by atoms with van der Waals surface area (Å²) in [6.07, 6.45) is 0.918. The number of aliphatic hydroxyl groups is 1. The van der Waals surface area contributed by atoms with Gasteiger partial charge in [0.25, 0.3) is 0 Å². The van der Waals surface area contributed by atoms with Crippen LogP contribution in [-0.4, -0.2) is 47.9 Å². The molecule has 0 aliphatic heterocycles. The lowest BCUT2D eigenvalue weighted by molar-refractivity contribution is -0.236. The molecule has 0 aliphatic rings. The Kier molecular flexibility index (Phi) is 6.75. The molecule has 0 bridgehead atoms. The minimum Gasteiger partial charge on any atom is -0.469 e. The molecule has 6 nitrogen and oxygen atoms in total. The lowest BCUT2D eigenvalue weighted by Gasteiger charge is -2.31. The molecule has 0 saturated heterocycles. The molecular formula is C11H21NO5. The van der Waals surface area contributed by atoms with Crippen LogP contribution < -0.4 is 0 Å². The van der Waals surface area contributed by atoms with Gasteiger partial charge >= 0.3 is 5.97 Å². The first-order valence-corrected chi connectivity index (χ1v) is 5.44. The Hall–Kier alpha value is -1.14. The molecule has 0 aliphatic carbocycles. The van der Waals surface area contributed by atoms with Crippen molar-refractivity contribution in [3.63, 3.8) is 0 Å². The van der Waals surface area contributed by atoms with Gasteiger partial charge < -0.3 is 9.84 Å². The van der Waals surface area contributed by atoms with E-state index >= 15 is 0 Å². The van der Waals surface area contributed by atoms with Crippen molar-refractivity contribution in [3.05, 3.63) is 0 Å². The van der Waals surface area contributed by atoms with E-state index in [1.165, 1.54) is 7.11 Å². The SMILES string of the molecule is COC(=O)CCC(CO)N(C=O)OC(C)(C)C. The topological polar surface area (TPSA) is 76.1 Å². The molecule has 0 aromatic carbocycles. The molecule has 1 amide bonds. The molecule has 1 unspecified atom stereocenters. The maximum Gasteiger partial charge on any atom is 0.305 e. The number of esters is 1. The summed E-state index contributed by atoms with van der Waals surface area (Å²) >= 11 is 0. The van der Waals surface area contributed by atoms with Crippen molar-refractivity contribution in [2.75, 3.05) is 13.7 Å². The van der Waals surface area contributed by atoms with E-state index < -0.39 is 11.6 Å². The minimum absolute atomic E-state index is 0.125. The number of ether oxygens (including phenoxy) is 1. The second-order valence-corrected chi connectivity index (χ2v) is 4.62. The second-order valence-electron chi connectivity index (χ2n) is 4.62. The predicted molar refractivity (Wildman–Crippen MR) is 60.9 cm³/mol. The maximum atomic E-state index is 11.0. The molecule has 6 heteroatoms. The molecule has 0 aromatic rings. The van der Waals surface area contributed by atoms with Gasteiger partial charge in [0.15, 0.2) is 0 Å². The summed E-state index contributed by atoms with van der Waals surface area (Å²) in [5, 5.41) is 10.2. The van der Waals surface area contributed by atoms with E-state index in [1.807, 2.05) is 0 Å². The van der Waals surface area contributed by atoms with Crippen LogP contribution in [0.5, 0.6) is 0 Å². The van der Waals surface area contributed by atoms with Crippen LogP contribution in [0.25, 0.3) is 0 Å². The summed E-state index contributed by atoms with van der Waals surface area (Å²) in [7, 11) is 1.29. The summed E-state index contributed by atoms with van der Waals surface area (Å²) in [6.45, 7) is 5.10. The Morgan fingerprint density at radius 3 is 2.41 bits per heavy atom. The van der Waals surface area contributed by atoms with Gasteiger partial charge in [-0.3, -0.25) is 14.4 Å². The number of methoxy groups -OCH3 is 1. The van der Waals surface area contributed by atoms with E-state index in [0.29, 0.717) is 6.41 Å². The Morgan fingerprint density at radius 2 is 2.06 bits per heavy atom. The molecular weight excluding hydrogens is 226 g/mol. The van der Waals surface area contributed by atoms with Crippen molar-refractivity contribution >= 4 is 12.4 Å². The van der Waals surface area contributed by atoms with E-state index in [1.54, 1.807) is 20.8 Å². The van der Waals surface area contributed by atoms with E-state index in [-0.39, 0.29) is 25.4 Å². The van der Waals surface area contributed by atoms with Crippen LogP contribution in [0.15, 0.2) is 0 Å². The van der Waals surface area contributed by atoms with E-state index in [4.69, 9.17) is 4.84 Å². The van der Waals surface area contributed by atoms with Gasteiger partial charge in [0, 0.05) is 6.42 Å². The average Bonchev–Trinajstić information content (AvgIpc) is 2.26. The van der Waals surface area contributed by atoms with Gasteiger partial charge in [-0.25, -0.2) is 5.06 Å². The van der Waals surface area contributed by atoms with Crippen LogP contribution in [0.4, 0.5) is 0 Å². The average molecular weight is 247 g/mol. The molecule has 0 aromatic heterocycles. The quantitative estimate of drug-likeness (QED) is 0.402. The lowest BCUT2D eigenvalue weighted by atomic mass is 10.1. The van der Waals surface area contributed by atoms with Crippen LogP contribution in [0.1, 0.15) is 33.6 Å². The van der Waals surface area contributed by atoms with Gasteiger partial charge in [0.1, 0.15) is 0 Å². The van der Waals surface area contributed by atoms with E-state index in [9.17, 15) is 14.7 Å². The van der Waals surface area contributed by atoms with Crippen molar-refractivity contribution in [3.8, 4) is 0 Å². The summed E-state index contributed by atoms with van der Waals surface area (Å²) < 4.78 is 4.49. The summed E-state index contributed by atoms with van der Waals surface area (Å²) in [6, 6.07) is -0.550. The van der Waals surface area contributed by atoms with Crippen LogP contribution in [0.3, 0.4) is 0 Å². The monoisotopic (exact) mass is 247 g/mol. The summed E-state index contributed by atoms with van der Waals surface area (Å²) in [5.41, 5.74) is -0.542. The number of hydroxylamine groups is 2. The molecule has 0 heterocycles. The molecule has 100 valence electrons. The highest BCUT2D eigenvalue weighted by molar-refractivity contribution is 5.69. The number of rotatable bonds is 7. The highest BCUT2D eigenvalue weighted by atomic mass is 16.7. The van der Waals surface area contributed by atoms with Crippen molar-refractivity contribution in [1.29, 1.82) is 0 Å². The molecule has 1 atom stereocenters. The Bertz CT molecular complexity index is 249. The fourth-order valence-electron chi connectivity index (χ4n) is 1.18. The first-order valence-electron chi connectivity index (χ1n) is 5.44. The van der Waals surface area contributed by atoms with E-state index in [0.717, 1.165) is 5.06 Å². The number of amides is 1. The lowest BCUT2D eigenvalue weighted by Crippen LogP contribution is -2.42. The fraction of sp³-hybridized carbons (Fsp3) is 0.818. The predicted octanol–water partition coefficient (Wildman–Crippen LogP) is 0.489. The van der Waals surface area contributed by atoms with E-state index in [2.05, 4.69) is 4.74 Å². The van der Waals surface area contributed by atoms with Crippen LogP contribution in [-0.2, 0) is 19.2 Å². The van der Waals surface area contributed by atoms with Gasteiger partial charge in [-0.1, -0.05) is 0 Å². The highest BCUT2D eigenvalue weighted by Gasteiger charge is 2.23. The Balaban J connectivity index is 4.38. The first-order chi connectivity index (χ1) is 7.84. The number of nitrogens with zero attached hydrogens (tertiary/aromatic N) is 1. The molecule has 17 heavy (non-hydrogen) atoms. The van der Waals surface area contributed by atoms with Crippen LogP contribution in [0, 0.1) is 0 Å². The summed E-state index contributed by atoms with van der Waals surface area (Å²) in [4.78, 5) is 27.2. The number of carbonyl (C=O) groups excluding carboxylic acids is 2.